The Morgan fingerprint density at radius 1 is 0.778 bits per heavy atom. The van der Waals surface area contributed by atoms with Crippen LogP contribution in [0.4, 0.5) is 36.2 Å². The summed E-state index contributed by atoms with van der Waals surface area (Å²) in [5, 5.41) is 5.63. The number of anilines is 4. The number of nitrogens with one attached hydrogen (secondary N) is 2. The molecule has 0 atom stereocenters. The molecule has 0 saturated carbocycles. The molecule has 0 spiro atoms. The third kappa shape index (κ3) is 4.02. The first-order valence-corrected chi connectivity index (χ1v) is 7.73. The van der Waals surface area contributed by atoms with E-state index in [1.807, 2.05) is 0 Å². The molecule has 0 amide bonds. The first-order chi connectivity index (χ1) is 13.0. The van der Waals surface area contributed by atoms with E-state index in [9.17, 15) is 13.2 Å². The van der Waals surface area contributed by atoms with Crippen molar-refractivity contribution < 1.29 is 22.6 Å². The van der Waals surface area contributed by atoms with Gasteiger partial charge in [0, 0.05) is 12.1 Å². The van der Waals surface area contributed by atoms with Gasteiger partial charge in [-0.3, -0.25) is 0 Å². The van der Waals surface area contributed by atoms with Crippen molar-refractivity contribution in [2.75, 3.05) is 24.9 Å². The molecular weight excluding hydrogens is 361 g/mol. The van der Waals surface area contributed by atoms with Crippen LogP contribution in [0.1, 0.15) is 0 Å². The van der Waals surface area contributed by atoms with Crippen LogP contribution in [0, 0.1) is 17.5 Å². The summed E-state index contributed by atoms with van der Waals surface area (Å²) < 4.78 is 50.6. The number of hydrogen-bond acceptors (Lipinski definition) is 6. The van der Waals surface area contributed by atoms with Crippen molar-refractivity contribution in [1.82, 2.24) is 9.97 Å². The molecule has 0 aliphatic carbocycles. The van der Waals surface area contributed by atoms with Crippen LogP contribution < -0.4 is 20.1 Å². The maximum absolute atomic E-state index is 13.8. The molecule has 0 unspecified atom stereocenters. The van der Waals surface area contributed by atoms with Gasteiger partial charge in [0.1, 0.15) is 29.5 Å². The molecule has 140 valence electrons. The summed E-state index contributed by atoms with van der Waals surface area (Å²) in [4.78, 5) is 8.01. The van der Waals surface area contributed by atoms with Gasteiger partial charge in [-0.05, 0) is 24.3 Å². The van der Waals surface area contributed by atoms with Crippen LogP contribution in [0.5, 0.6) is 11.5 Å². The fourth-order valence-electron chi connectivity index (χ4n) is 2.29. The number of methoxy groups -OCH3 is 2. The van der Waals surface area contributed by atoms with Gasteiger partial charge in [0.2, 0.25) is 0 Å². The Morgan fingerprint density at radius 3 is 2.11 bits per heavy atom. The minimum atomic E-state index is -1.56. The van der Waals surface area contributed by atoms with E-state index in [4.69, 9.17) is 9.47 Å². The second-order valence-corrected chi connectivity index (χ2v) is 5.33. The number of hydrogen-bond donors (Lipinski definition) is 2. The maximum atomic E-state index is 13.8. The lowest BCUT2D eigenvalue weighted by molar-refractivity contribution is 0.395. The Kier molecular flexibility index (Phi) is 5.30. The molecule has 3 rings (SSSR count). The molecule has 1 heterocycles. The molecular formula is C18H15F3N4O2. The van der Waals surface area contributed by atoms with E-state index in [2.05, 4.69) is 20.6 Å². The number of nitrogens with zero attached hydrogens (tertiary/aromatic N) is 2. The van der Waals surface area contributed by atoms with Crippen molar-refractivity contribution in [1.29, 1.82) is 0 Å². The molecule has 9 heteroatoms. The van der Waals surface area contributed by atoms with Gasteiger partial charge in [-0.2, -0.15) is 0 Å². The molecule has 6 nitrogen and oxygen atoms in total. The minimum absolute atomic E-state index is 0.185. The summed E-state index contributed by atoms with van der Waals surface area (Å²) in [6, 6.07) is 8.55. The molecule has 0 fully saturated rings. The Bertz CT molecular complexity index is 969. The molecule has 1 aromatic heterocycles. The van der Waals surface area contributed by atoms with Crippen molar-refractivity contribution in [3.63, 3.8) is 0 Å². The van der Waals surface area contributed by atoms with Crippen molar-refractivity contribution in [3.05, 3.63) is 60.2 Å². The lowest BCUT2D eigenvalue weighted by Crippen LogP contribution is -2.02. The van der Waals surface area contributed by atoms with Gasteiger partial charge >= 0.3 is 0 Å². The number of halogens is 3. The monoisotopic (exact) mass is 376 g/mol. The first-order valence-electron chi connectivity index (χ1n) is 7.73. The van der Waals surface area contributed by atoms with E-state index < -0.39 is 17.5 Å². The Morgan fingerprint density at radius 2 is 1.44 bits per heavy atom. The van der Waals surface area contributed by atoms with Crippen LogP contribution >= 0.6 is 0 Å². The number of ether oxygens (including phenoxy) is 2. The van der Waals surface area contributed by atoms with Gasteiger partial charge in [-0.15, -0.1) is 0 Å². The average Bonchev–Trinajstić information content (AvgIpc) is 2.69. The highest BCUT2D eigenvalue weighted by molar-refractivity contribution is 5.68. The van der Waals surface area contributed by atoms with Crippen LogP contribution in [-0.4, -0.2) is 24.2 Å². The molecule has 0 aliphatic heterocycles. The molecule has 2 aromatic carbocycles. The molecule has 2 N–H and O–H groups in total. The van der Waals surface area contributed by atoms with Crippen LogP contribution in [0.2, 0.25) is 0 Å². The number of aromatic nitrogens is 2. The third-order valence-electron chi connectivity index (χ3n) is 3.64. The summed E-state index contributed by atoms with van der Waals surface area (Å²) in [6.45, 7) is 0. The smallest absolute Gasteiger partial charge is 0.196 e. The minimum Gasteiger partial charge on any atom is -0.497 e. The summed E-state index contributed by atoms with van der Waals surface area (Å²) >= 11 is 0. The van der Waals surface area contributed by atoms with E-state index in [-0.39, 0.29) is 11.5 Å². The zero-order valence-electron chi connectivity index (χ0n) is 14.4. The second-order valence-electron chi connectivity index (χ2n) is 5.33. The van der Waals surface area contributed by atoms with Crippen molar-refractivity contribution in [2.24, 2.45) is 0 Å². The molecule has 0 radical (unpaired) electrons. The fourth-order valence-corrected chi connectivity index (χ4v) is 2.29. The molecule has 0 bridgehead atoms. The summed E-state index contributed by atoms with van der Waals surface area (Å²) in [6.07, 6.45) is 1.23. The standard InChI is InChI=1S/C18H15F3N4O2/c1-26-10-3-5-12(14(7-10)27-2)24-15-8-16(23-9-22-15)25-13-6-4-11(19)17(20)18(13)21/h3-9H,1-2H3,(H2,22,23,24,25). The van der Waals surface area contributed by atoms with Gasteiger partial charge < -0.3 is 20.1 Å². The Balaban J connectivity index is 1.83. The predicted octanol–water partition coefficient (Wildman–Crippen LogP) is 4.40. The highest BCUT2D eigenvalue weighted by Crippen LogP contribution is 2.31. The summed E-state index contributed by atoms with van der Waals surface area (Å²) in [7, 11) is 3.06. The molecule has 27 heavy (non-hydrogen) atoms. The first kappa shape index (κ1) is 18.3. The third-order valence-corrected chi connectivity index (χ3v) is 3.64. The van der Waals surface area contributed by atoms with Gasteiger partial charge in [0.05, 0.1) is 25.6 Å². The van der Waals surface area contributed by atoms with Crippen LogP contribution in [0.15, 0.2) is 42.7 Å². The van der Waals surface area contributed by atoms with Gasteiger partial charge in [0.15, 0.2) is 17.5 Å². The van der Waals surface area contributed by atoms with E-state index >= 15 is 0 Å². The van der Waals surface area contributed by atoms with Crippen molar-refractivity contribution in [3.8, 4) is 11.5 Å². The normalized spacial score (nSPS) is 10.4. The fraction of sp³-hybridized carbons (Fsp3) is 0.111. The van der Waals surface area contributed by atoms with Crippen LogP contribution in [0.25, 0.3) is 0 Å². The van der Waals surface area contributed by atoms with E-state index in [1.54, 1.807) is 25.3 Å². The highest BCUT2D eigenvalue weighted by Gasteiger charge is 2.14. The van der Waals surface area contributed by atoms with Crippen LogP contribution in [-0.2, 0) is 0 Å². The highest BCUT2D eigenvalue weighted by atomic mass is 19.2. The van der Waals surface area contributed by atoms with E-state index in [0.29, 0.717) is 23.0 Å². The van der Waals surface area contributed by atoms with Gasteiger partial charge in [-0.25, -0.2) is 23.1 Å². The molecule has 3 aromatic rings. The van der Waals surface area contributed by atoms with Crippen molar-refractivity contribution >= 4 is 23.0 Å². The largest absolute Gasteiger partial charge is 0.497 e. The zero-order chi connectivity index (χ0) is 19.4. The SMILES string of the molecule is COc1ccc(Nc2cc(Nc3ccc(F)c(F)c3F)ncn2)c(OC)c1. The van der Waals surface area contributed by atoms with E-state index in [0.717, 1.165) is 12.1 Å². The predicted molar refractivity (Wildman–Crippen MR) is 94.5 cm³/mol. The summed E-state index contributed by atoms with van der Waals surface area (Å²) in [5.74, 6) is -2.46. The average molecular weight is 376 g/mol. The Hall–Kier alpha value is -3.49. The van der Waals surface area contributed by atoms with Crippen LogP contribution in [0.3, 0.4) is 0 Å². The summed E-state index contributed by atoms with van der Waals surface area (Å²) in [5.41, 5.74) is 0.363. The maximum Gasteiger partial charge on any atom is 0.196 e. The Labute approximate surface area is 153 Å². The molecule has 0 saturated heterocycles. The topological polar surface area (TPSA) is 68.3 Å². The number of rotatable bonds is 6. The second kappa shape index (κ2) is 7.81. The number of benzene rings is 2. The van der Waals surface area contributed by atoms with Gasteiger partial charge in [0.25, 0.3) is 0 Å². The quantitative estimate of drug-likeness (QED) is 0.622. The van der Waals surface area contributed by atoms with E-state index in [1.165, 1.54) is 19.5 Å². The lowest BCUT2D eigenvalue weighted by Gasteiger charge is -2.13. The lowest BCUT2D eigenvalue weighted by atomic mass is 10.2. The van der Waals surface area contributed by atoms with Crippen molar-refractivity contribution in [2.45, 2.75) is 0 Å². The zero-order valence-corrected chi connectivity index (χ0v) is 14.4. The molecule has 0 aliphatic rings. The van der Waals surface area contributed by atoms with Gasteiger partial charge in [-0.1, -0.05) is 0 Å².